The molecule has 0 bridgehead atoms. The van der Waals surface area contributed by atoms with Crippen LogP contribution in [-0.4, -0.2) is 30.6 Å². The van der Waals surface area contributed by atoms with Crippen LogP contribution >= 0.6 is 35.3 Å². The van der Waals surface area contributed by atoms with Crippen LogP contribution in [-0.2, 0) is 13.0 Å². The summed E-state index contributed by atoms with van der Waals surface area (Å²) in [4.78, 5) is 8.99. The summed E-state index contributed by atoms with van der Waals surface area (Å²) in [5.74, 6) is 1.74. The summed E-state index contributed by atoms with van der Waals surface area (Å²) in [5.41, 5.74) is 3.42. The van der Waals surface area contributed by atoms with Gasteiger partial charge in [-0.2, -0.15) is 0 Å². The number of ether oxygens (including phenoxy) is 1. The van der Waals surface area contributed by atoms with E-state index in [1.54, 1.807) is 18.4 Å². The molecule has 28 heavy (non-hydrogen) atoms. The molecule has 3 aromatic rings. The Morgan fingerprint density at radius 3 is 2.71 bits per heavy atom. The standard InChI is InChI=1S/C21H22N4OS.HI/c1-22-21(23-12-17-11-16-9-5-6-10-19(16)26-17)24-13-20-25-18(14-27-20)15-7-3-2-4-8-15;/h2-10,14,17H,11-13H2,1H3,(H2,22,23,24);1H. The van der Waals surface area contributed by atoms with E-state index in [4.69, 9.17) is 9.72 Å². The summed E-state index contributed by atoms with van der Waals surface area (Å²) in [7, 11) is 1.77. The number of rotatable bonds is 5. The van der Waals surface area contributed by atoms with E-state index in [1.807, 2.05) is 30.3 Å². The molecule has 1 aromatic heterocycles. The van der Waals surface area contributed by atoms with Crippen molar-refractivity contribution in [3.05, 3.63) is 70.5 Å². The van der Waals surface area contributed by atoms with Gasteiger partial charge in [-0.15, -0.1) is 35.3 Å². The molecule has 0 aliphatic carbocycles. The van der Waals surface area contributed by atoms with Crippen LogP contribution in [0.4, 0.5) is 0 Å². The average Bonchev–Trinajstić information content (AvgIpc) is 3.35. The van der Waals surface area contributed by atoms with Crippen molar-refractivity contribution in [2.75, 3.05) is 13.6 Å². The molecule has 0 radical (unpaired) electrons. The van der Waals surface area contributed by atoms with Crippen molar-refractivity contribution in [3.63, 3.8) is 0 Å². The van der Waals surface area contributed by atoms with Crippen LogP contribution in [0.25, 0.3) is 11.3 Å². The highest BCUT2D eigenvalue weighted by Crippen LogP contribution is 2.27. The van der Waals surface area contributed by atoms with Gasteiger partial charge < -0.3 is 15.4 Å². The summed E-state index contributed by atoms with van der Waals surface area (Å²) in [6.45, 7) is 1.35. The summed E-state index contributed by atoms with van der Waals surface area (Å²) in [6, 6.07) is 18.4. The molecule has 2 aromatic carbocycles. The van der Waals surface area contributed by atoms with E-state index in [0.29, 0.717) is 13.1 Å². The fourth-order valence-corrected chi connectivity index (χ4v) is 3.83. The lowest BCUT2D eigenvalue weighted by atomic mass is 10.1. The van der Waals surface area contributed by atoms with Gasteiger partial charge in [-0.25, -0.2) is 4.98 Å². The molecule has 0 saturated carbocycles. The summed E-state index contributed by atoms with van der Waals surface area (Å²) in [6.07, 6.45) is 1.05. The maximum atomic E-state index is 5.96. The Kier molecular flexibility index (Phi) is 7.27. The second kappa shape index (κ2) is 9.88. The molecule has 5 nitrogen and oxygen atoms in total. The number of para-hydroxylation sites is 1. The number of thiazole rings is 1. The van der Waals surface area contributed by atoms with Crippen molar-refractivity contribution in [1.29, 1.82) is 0 Å². The lowest BCUT2D eigenvalue weighted by molar-refractivity contribution is 0.235. The number of hydrogen-bond acceptors (Lipinski definition) is 4. The first-order chi connectivity index (χ1) is 13.3. The normalized spacial score (nSPS) is 15.3. The quantitative estimate of drug-likeness (QED) is 0.311. The molecule has 1 atom stereocenters. The molecule has 0 fully saturated rings. The van der Waals surface area contributed by atoms with Crippen molar-refractivity contribution in [1.82, 2.24) is 15.6 Å². The fourth-order valence-electron chi connectivity index (χ4n) is 3.09. The van der Waals surface area contributed by atoms with Gasteiger partial charge in [0.25, 0.3) is 0 Å². The highest BCUT2D eigenvalue weighted by atomic mass is 127. The molecule has 0 amide bonds. The molecule has 1 aliphatic rings. The van der Waals surface area contributed by atoms with Gasteiger partial charge in [-0.3, -0.25) is 4.99 Å². The molecule has 1 aliphatic heterocycles. The zero-order valence-corrected chi connectivity index (χ0v) is 18.7. The Hall–Kier alpha value is -2.13. The van der Waals surface area contributed by atoms with Gasteiger partial charge in [0.2, 0.25) is 0 Å². The molecule has 0 spiro atoms. The van der Waals surface area contributed by atoms with Crippen LogP contribution in [0, 0.1) is 0 Å². The number of guanidine groups is 1. The number of aliphatic imine (C=N–C) groups is 1. The summed E-state index contributed by atoms with van der Waals surface area (Å²) < 4.78 is 5.96. The van der Waals surface area contributed by atoms with Gasteiger partial charge >= 0.3 is 0 Å². The fraction of sp³-hybridized carbons (Fsp3) is 0.238. The minimum Gasteiger partial charge on any atom is -0.488 e. The van der Waals surface area contributed by atoms with Gasteiger partial charge in [0.05, 0.1) is 18.8 Å². The monoisotopic (exact) mass is 506 g/mol. The number of benzene rings is 2. The largest absolute Gasteiger partial charge is 0.488 e. The second-order valence-electron chi connectivity index (χ2n) is 6.35. The first-order valence-electron chi connectivity index (χ1n) is 9.01. The second-order valence-corrected chi connectivity index (χ2v) is 7.29. The average molecular weight is 506 g/mol. The van der Waals surface area contributed by atoms with Crippen molar-refractivity contribution >= 4 is 41.3 Å². The van der Waals surface area contributed by atoms with Crippen LogP contribution in [0.2, 0.25) is 0 Å². The first-order valence-corrected chi connectivity index (χ1v) is 9.88. The summed E-state index contributed by atoms with van der Waals surface area (Å²) in [5, 5.41) is 9.79. The molecular weight excluding hydrogens is 483 g/mol. The van der Waals surface area contributed by atoms with Gasteiger partial charge in [-0.05, 0) is 11.6 Å². The maximum Gasteiger partial charge on any atom is 0.191 e. The van der Waals surface area contributed by atoms with E-state index in [0.717, 1.165) is 34.4 Å². The van der Waals surface area contributed by atoms with E-state index in [2.05, 4.69) is 45.3 Å². The van der Waals surface area contributed by atoms with Gasteiger partial charge in [0.1, 0.15) is 16.9 Å². The Bertz CT molecular complexity index is 904. The smallest absolute Gasteiger partial charge is 0.191 e. The lowest BCUT2D eigenvalue weighted by Crippen LogP contribution is -2.41. The van der Waals surface area contributed by atoms with Crippen molar-refractivity contribution in [2.45, 2.75) is 19.1 Å². The van der Waals surface area contributed by atoms with E-state index in [9.17, 15) is 0 Å². The van der Waals surface area contributed by atoms with E-state index in [-0.39, 0.29) is 30.1 Å². The molecule has 2 heterocycles. The Morgan fingerprint density at radius 1 is 1.14 bits per heavy atom. The predicted molar refractivity (Wildman–Crippen MR) is 126 cm³/mol. The van der Waals surface area contributed by atoms with Crippen LogP contribution in [0.3, 0.4) is 0 Å². The van der Waals surface area contributed by atoms with E-state index < -0.39 is 0 Å². The Balaban J connectivity index is 0.00000225. The third-order valence-corrected chi connectivity index (χ3v) is 5.31. The molecule has 2 N–H and O–H groups in total. The van der Waals surface area contributed by atoms with E-state index >= 15 is 0 Å². The minimum absolute atomic E-state index is 0. The zero-order chi connectivity index (χ0) is 18.5. The first kappa shape index (κ1) is 20.6. The maximum absolute atomic E-state index is 5.96. The number of nitrogens with zero attached hydrogens (tertiary/aromatic N) is 2. The Morgan fingerprint density at radius 2 is 1.93 bits per heavy atom. The zero-order valence-electron chi connectivity index (χ0n) is 15.6. The number of nitrogens with one attached hydrogen (secondary N) is 2. The molecule has 7 heteroatoms. The molecular formula is C21H23IN4OS. The summed E-state index contributed by atoms with van der Waals surface area (Å²) >= 11 is 1.65. The molecule has 146 valence electrons. The number of fused-ring (bicyclic) bond motifs is 1. The third-order valence-electron chi connectivity index (χ3n) is 4.46. The van der Waals surface area contributed by atoms with Crippen LogP contribution in [0.5, 0.6) is 5.75 Å². The molecule has 1 unspecified atom stereocenters. The Labute approximate surface area is 186 Å². The van der Waals surface area contributed by atoms with Crippen LogP contribution in [0.15, 0.2) is 65.0 Å². The number of halogens is 1. The van der Waals surface area contributed by atoms with Gasteiger partial charge in [-0.1, -0.05) is 48.5 Å². The predicted octanol–water partition coefficient (Wildman–Crippen LogP) is 4.10. The molecule has 4 rings (SSSR count). The highest BCUT2D eigenvalue weighted by Gasteiger charge is 2.22. The van der Waals surface area contributed by atoms with Crippen molar-refractivity contribution in [3.8, 4) is 17.0 Å². The lowest BCUT2D eigenvalue weighted by Gasteiger charge is -2.15. The highest BCUT2D eigenvalue weighted by molar-refractivity contribution is 14.0. The van der Waals surface area contributed by atoms with E-state index in [1.165, 1.54) is 5.56 Å². The third kappa shape index (κ3) is 5.02. The SMILES string of the molecule is CN=C(NCc1nc(-c2ccccc2)cs1)NCC1Cc2ccccc2O1.I. The van der Waals surface area contributed by atoms with Crippen molar-refractivity contribution < 1.29 is 4.74 Å². The molecule has 0 saturated heterocycles. The topological polar surface area (TPSA) is 58.5 Å². The van der Waals surface area contributed by atoms with Crippen LogP contribution < -0.4 is 15.4 Å². The minimum atomic E-state index is 0. The van der Waals surface area contributed by atoms with Crippen LogP contribution in [0.1, 0.15) is 10.6 Å². The number of aromatic nitrogens is 1. The number of hydrogen-bond donors (Lipinski definition) is 2. The van der Waals surface area contributed by atoms with Gasteiger partial charge in [0, 0.05) is 24.4 Å². The van der Waals surface area contributed by atoms with Crippen molar-refractivity contribution in [2.24, 2.45) is 4.99 Å². The van der Waals surface area contributed by atoms with Gasteiger partial charge in [0.15, 0.2) is 5.96 Å².